The van der Waals surface area contributed by atoms with E-state index in [9.17, 15) is 9.59 Å². The summed E-state index contributed by atoms with van der Waals surface area (Å²) in [7, 11) is 0. The zero-order chi connectivity index (χ0) is 9.84. The van der Waals surface area contributed by atoms with Crippen LogP contribution in [0.2, 0.25) is 0 Å². The van der Waals surface area contributed by atoms with E-state index in [2.05, 4.69) is 5.32 Å². The Hall–Kier alpha value is -1.16. The predicted octanol–water partition coefficient (Wildman–Crippen LogP) is 1.86. The lowest BCUT2D eigenvalue weighted by Gasteiger charge is -1.95. The molecule has 0 aliphatic heterocycles. The fraction of sp³-hybridized carbons (Fsp3) is 0.222. The Morgan fingerprint density at radius 3 is 2.46 bits per heavy atom. The van der Waals surface area contributed by atoms with Crippen LogP contribution in [0.15, 0.2) is 12.1 Å². The van der Waals surface area contributed by atoms with Gasteiger partial charge in [-0.2, -0.15) is 0 Å². The second-order valence-corrected chi connectivity index (χ2v) is 3.57. The van der Waals surface area contributed by atoms with E-state index < -0.39 is 0 Å². The molecule has 0 unspecified atom stereocenters. The standard InChI is InChI=1S/C9H10NO2S/c1-3-10-9(12)8-5-4-7(13-8)6(2)11/h3-5H,1-2H3,(H,10,12). The van der Waals surface area contributed by atoms with E-state index in [4.69, 9.17) is 0 Å². The Bertz CT molecular complexity index is 330. The van der Waals surface area contributed by atoms with E-state index in [0.717, 1.165) is 0 Å². The largest absolute Gasteiger partial charge is 0.347 e. The van der Waals surface area contributed by atoms with Crippen molar-refractivity contribution in [3.8, 4) is 0 Å². The van der Waals surface area contributed by atoms with Crippen LogP contribution in [-0.4, -0.2) is 11.7 Å². The summed E-state index contributed by atoms with van der Waals surface area (Å²) in [5.41, 5.74) is 0. The van der Waals surface area contributed by atoms with Crippen molar-refractivity contribution < 1.29 is 9.59 Å². The number of nitrogens with one attached hydrogen (secondary N) is 1. The van der Waals surface area contributed by atoms with Gasteiger partial charge < -0.3 is 5.32 Å². The predicted molar refractivity (Wildman–Crippen MR) is 51.8 cm³/mol. The van der Waals surface area contributed by atoms with Crippen LogP contribution in [0.5, 0.6) is 0 Å². The molecule has 3 nitrogen and oxygen atoms in total. The van der Waals surface area contributed by atoms with Gasteiger partial charge in [-0.05, 0) is 26.0 Å². The molecule has 0 saturated heterocycles. The molecule has 1 rings (SSSR count). The molecule has 1 radical (unpaired) electrons. The van der Waals surface area contributed by atoms with Crippen LogP contribution in [0.4, 0.5) is 0 Å². The molecule has 1 amide bonds. The normalized spacial score (nSPS) is 9.69. The van der Waals surface area contributed by atoms with Crippen LogP contribution in [0.3, 0.4) is 0 Å². The van der Waals surface area contributed by atoms with E-state index in [1.807, 2.05) is 0 Å². The van der Waals surface area contributed by atoms with Crippen LogP contribution in [-0.2, 0) is 0 Å². The number of hydrogen-bond acceptors (Lipinski definition) is 3. The van der Waals surface area contributed by atoms with Crippen molar-refractivity contribution in [2.24, 2.45) is 0 Å². The smallest absolute Gasteiger partial charge is 0.261 e. The van der Waals surface area contributed by atoms with Crippen molar-refractivity contribution in [3.63, 3.8) is 0 Å². The average molecular weight is 196 g/mol. The van der Waals surface area contributed by atoms with Crippen LogP contribution >= 0.6 is 11.3 Å². The van der Waals surface area contributed by atoms with Gasteiger partial charge in [0.05, 0.1) is 9.75 Å². The minimum absolute atomic E-state index is 0.00970. The molecule has 0 fully saturated rings. The number of carbonyl (C=O) groups is 2. The SMILES string of the molecule is C[CH]NC(=O)c1ccc(C(C)=O)s1. The van der Waals surface area contributed by atoms with Crippen LogP contribution < -0.4 is 5.32 Å². The second kappa shape index (κ2) is 4.18. The highest BCUT2D eigenvalue weighted by Gasteiger charge is 2.09. The highest BCUT2D eigenvalue weighted by molar-refractivity contribution is 7.15. The number of carbonyl (C=O) groups excluding carboxylic acids is 2. The lowest BCUT2D eigenvalue weighted by molar-refractivity contribution is 0.0967. The van der Waals surface area contributed by atoms with Crippen LogP contribution in [0.1, 0.15) is 33.2 Å². The topological polar surface area (TPSA) is 46.2 Å². The van der Waals surface area contributed by atoms with E-state index >= 15 is 0 Å². The van der Waals surface area contributed by atoms with Crippen molar-refractivity contribution in [1.29, 1.82) is 0 Å². The van der Waals surface area contributed by atoms with Gasteiger partial charge in [-0.25, -0.2) is 0 Å². The Morgan fingerprint density at radius 1 is 1.38 bits per heavy atom. The molecule has 4 heteroatoms. The first kappa shape index (κ1) is 9.92. The quantitative estimate of drug-likeness (QED) is 0.750. The van der Waals surface area contributed by atoms with Crippen molar-refractivity contribution in [2.75, 3.05) is 0 Å². The van der Waals surface area contributed by atoms with Gasteiger partial charge in [0.1, 0.15) is 0 Å². The molecule has 0 aromatic carbocycles. The minimum atomic E-state index is -0.167. The van der Waals surface area contributed by atoms with Crippen molar-refractivity contribution in [3.05, 3.63) is 28.4 Å². The van der Waals surface area contributed by atoms with Gasteiger partial charge in [0, 0.05) is 6.54 Å². The monoisotopic (exact) mass is 196 g/mol. The van der Waals surface area contributed by atoms with Gasteiger partial charge in [0.25, 0.3) is 5.91 Å². The molecule has 0 aliphatic rings. The Balaban J connectivity index is 2.79. The third kappa shape index (κ3) is 2.39. The van der Waals surface area contributed by atoms with Gasteiger partial charge in [-0.1, -0.05) is 0 Å². The van der Waals surface area contributed by atoms with Crippen LogP contribution in [0, 0.1) is 6.54 Å². The summed E-state index contributed by atoms with van der Waals surface area (Å²) >= 11 is 1.21. The van der Waals surface area contributed by atoms with E-state index in [1.54, 1.807) is 25.6 Å². The number of Topliss-reactive ketones (excluding diaryl/α,β-unsaturated/α-hetero) is 1. The maximum atomic E-state index is 11.2. The molecule has 1 heterocycles. The third-order valence-corrected chi connectivity index (χ3v) is 2.64. The number of rotatable bonds is 3. The third-order valence-electron chi connectivity index (χ3n) is 1.45. The van der Waals surface area contributed by atoms with Crippen molar-refractivity contribution >= 4 is 23.0 Å². The molecule has 1 aromatic rings. The fourth-order valence-electron chi connectivity index (χ4n) is 0.851. The van der Waals surface area contributed by atoms with E-state index in [-0.39, 0.29) is 11.7 Å². The summed E-state index contributed by atoms with van der Waals surface area (Å²) in [6.07, 6.45) is 0. The number of thiophene rings is 1. The van der Waals surface area contributed by atoms with E-state index in [1.165, 1.54) is 18.3 Å². The van der Waals surface area contributed by atoms with Gasteiger partial charge in [0.15, 0.2) is 5.78 Å². The molecule has 1 N–H and O–H groups in total. The molecule has 13 heavy (non-hydrogen) atoms. The molecular weight excluding hydrogens is 186 g/mol. The molecule has 0 spiro atoms. The first-order chi connectivity index (χ1) is 6.15. The number of hydrogen-bond donors (Lipinski definition) is 1. The lowest BCUT2D eigenvalue weighted by Crippen LogP contribution is -2.17. The molecule has 1 aromatic heterocycles. The van der Waals surface area contributed by atoms with E-state index in [0.29, 0.717) is 9.75 Å². The Labute approximate surface area is 80.8 Å². The summed E-state index contributed by atoms with van der Waals surface area (Å²) in [6, 6.07) is 3.32. The molecule has 0 aliphatic carbocycles. The maximum Gasteiger partial charge on any atom is 0.261 e. The lowest BCUT2D eigenvalue weighted by atomic mass is 10.3. The number of ketones is 1. The summed E-state index contributed by atoms with van der Waals surface area (Å²) < 4.78 is 0. The zero-order valence-electron chi connectivity index (χ0n) is 7.46. The summed E-state index contributed by atoms with van der Waals surface area (Å²) in [5, 5.41) is 2.55. The Kier molecular flexibility index (Phi) is 3.19. The molecule has 0 saturated carbocycles. The first-order valence-corrected chi connectivity index (χ1v) is 4.66. The zero-order valence-corrected chi connectivity index (χ0v) is 8.27. The van der Waals surface area contributed by atoms with Crippen molar-refractivity contribution in [1.82, 2.24) is 5.32 Å². The number of amides is 1. The highest BCUT2D eigenvalue weighted by atomic mass is 32.1. The van der Waals surface area contributed by atoms with Gasteiger partial charge in [-0.15, -0.1) is 11.3 Å². The van der Waals surface area contributed by atoms with Gasteiger partial charge in [0.2, 0.25) is 0 Å². The molecule has 0 bridgehead atoms. The maximum absolute atomic E-state index is 11.2. The summed E-state index contributed by atoms with van der Waals surface area (Å²) in [5.74, 6) is -0.176. The molecular formula is C9H10NO2S. The van der Waals surface area contributed by atoms with Gasteiger partial charge in [-0.3, -0.25) is 9.59 Å². The van der Waals surface area contributed by atoms with Crippen LogP contribution in [0.25, 0.3) is 0 Å². The average Bonchev–Trinajstić information content (AvgIpc) is 2.52. The molecule has 0 atom stereocenters. The summed E-state index contributed by atoms with van der Waals surface area (Å²) in [6.45, 7) is 4.78. The first-order valence-electron chi connectivity index (χ1n) is 3.84. The molecule has 69 valence electrons. The van der Waals surface area contributed by atoms with Crippen molar-refractivity contribution in [2.45, 2.75) is 13.8 Å². The summed E-state index contributed by atoms with van der Waals surface area (Å²) in [4.78, 5) is 23.3. The minimum Gasteiger partial charge on any atom is -0.347 e. The second-order valence-electron chi connectivity index (χ2n) is 2.48. The fourth-order valence-corrected chi connectivity index (χ4v) is 1.66. The Morgan fingerprint density at radius 2 is 2.00 bits per heavy atom. The highest BCUT2D eigenvalue weighted by Crippen LogP contribution is 2.16. The van der Waals surface area contributed by atoms with Gasteiger partial charge >= 0.3 is 0 Å².